The number of rotatable bonds is 3. The van der Waals surface area contributed by atoms with E-state index in [-0.39, 0.29) is 11.3 Å². The standard InChI is InChI=1S/C12H7FINO3S/c13-8-3-1-2-7(12(17)18)10(8)15-11(16)6-4-9(14)19-5-6/h1-5H,(H,15,16)(H,17,18). The first kappa shape index (κ1) is 13.9. The van der Waals surface area contributed by atoms with Crippen LogP contribution in [0, 0.1) is 8.70 Å². The molecule has 0 saturated heterocycles. The van der Waals surface area contributed by atoms with Crippen molar-refractivity contribution in [1.29, 1.82) is 0 Å². The maximum atomic E-state index is 13.6. The van der Waals surface area contributed by atoms with Crippen LogP contribution in [-0.2, 0) is 0 Å². The maximum absolute atomic E-state index is 13.6. The second-order valence-electron chi connectivity index (χ2n) is 3.56. The van der Waals surface area contributed by atoms with Crippen LogP contribution >= 0.6 is 33.9 Å². The van der Waals surface area contributed by atoms with Crippen molar-refractivity contribution in [3.8, 4) is 0 Å². The third kappa shape index (κ3) is 3.10. The minimum Gasteiger partial charge on any atom is -0.478 e. The highest BCUT2D eigenvalue weighted by molar-refractivity contribution is 14.1. The summed E-state index contributed by atoms with van der Waals surface area (Å²) in [6, 6.07) is 5.25. The number of carbonyl (C=O) groups is 2. The van der Waals surface area contributed by atoms with Gasteiger partial charge in [0.15, 0.2) is 0 Å². The SMILES string of the molecule is O=C(Nc1c(F)cccc1C(=O)O)c1csc(I)c1. The van der Waals surface area contributed by atoms with Gasteiger partial charge in [0.2, 0.25) is 0 Å². The minimum absolute atomic E-state index is 0.279. The van der Waals surface area contributed by atoms with E-state index < -0.39 is 17.7 Å². The summed E-state index contributed by atoms with van der Waals surface area (Å²) < 4.78 is 14.5. The Morgan fingerprint density at radius 1 is 1.37 bits per heavy atom. The number of carboxylic acid groups (broad SMARTS) is 1. The predicted octanol–water partition coefficient (Wildman–Crippen LogP) is 3.44. The molecule has 98 valence electrons. The van der Waals surface area contributed by atoms with E-state index in [1.807, 2.05) is 0 Å². The van der Waals surface area contributed by atoms with Crippen molar-refractivity contribution in [2.24, 2.45) is 0 Å². The lowest BCUT2D eigenvalue weighted by Crippen LogP contribution is -2.15. The fourth-order valence-electron chi connectivity index (χ4n) is 1.44. The third-order valence-electron chi connectivity index (χ3n) is 2.31. The number of amides is 1. The van der Waals surface area contributed by atoms with Gasteiger partial charge in [-0.15, -0.1) is 11.3 Å². The molecule has 0 atom stereocenters. The van der Waals surface area contributed by atoms with Crippen molar-refractivity contribution >= 4 is 51.5 Å². The molecule has 19 heavy (non-hydrogen) atoms. The number of hydrogen-bond acceptors (Lipinski definition) is 3. The van der Waals surface area contributed by atoms with Gasteiger partial charge in [-0.1, -0.05) is 6.07 Å². The lowest BCUT2D eigenvalue weighted by molar-refractivity contribution is 0.0697. The first-order chi connectivity index (χ1) is 8.99. The van der Waals surface area contributed by atoms with Crippen molar-refractivity contribution in [2.45, 2.75) is 0 Å². The van der Waals surface area contributed by atoms with Gasteiger partial charge in [-0.2, -0.15) is 0 Å². The second-order valence-corrected chi connectivity index (χ2v) is 6.37. The van der Waals surface area contributed by atoms with E-state index in [4.69, 9.17) is 5.11 Å². The Kier molecular flexibility index (Phi) is 4.15. The van der Waals surface area contributed by atoms with Gasteiger partial charge in [0.05, 0.1) is 19.7 Å². The van der Waals surface area contributed by atoms with Gasteiger partial charge in [0.25, 0.3) is 5.91 Å². The third-order valence-corrected chi connectivity index (χ3v) is 4.10. The largest absolute Gasteiger partial charge is 0.478 e. The predicted molar refractivity (Wildman–Crippen MR) is 78.3 cm³/mol. The molecule has 1 aromatic carbocycles. The average molecular weight is 391 g/mol. The Morgan fingerprint density at radius 2 is 2.11 bits per heavy atom. The fraction of sp³-hybridized carbons (Fsp3) is 0. The van der Waals surface area contributed by atoms with Crippen LogP contribution in [0.5, 0.6) is 0 Å². The number of nitrogens with one attached hydrogen (secondary N) is 1. The second kappa shape index (κ2) is 5.66. The monoisotopic (exact) mass is 391 g/mol. The van der Waals surface area contributed by atoms with E-state index in [0.717, 1.165) is 8.95 Å². The summed E-state index contributed by atoms with van der Waals surface area (Å²) >= 11 is 3.43. The van der Waals surface area contributed by atoms with Crippen LogP contribution < -0.4 is 5.32 Å². The van der Waals surface area contributed by atoms with Crippen LogP contribution in [0.2, 0.25) is 0 Å². The molecule has 0 aliphatic heterocycles. The van der Waals surface area contributed by atoms with Crippen molar-refractivity contribution < 1.29 is 19.1 Å². The quantitative estimate of drug-likeness (QED) is 0.788. The summed E-state index contributed by atoms with van der Waals surface area (Å²) in [5, 5.41) is 12.9. The van der Waals surface area contributed by atoms with Crippen LogP contribution in [-0.4, -0.2) is 17.0 Å². The molecule has 2 N–H and O–H groups in total. The number of para-hydroxylation sites is 1. The van der Waals surface area contributed by atoms with E-state index in [1.54, 1.807) is 11.4 Å². The van der Waals surface area contributed by atoms with E-state index in [9.17, 15) is 14.0 Å². The highest BCUT2D eigenvalue weighted by Gasteiger charge is 2.17. The number of carbonyl (C=O) groups excluding carboxylic acids is 1. The average Bonchev–Trinajstić information content (AvgIpc) is 2.78. The molecule has 0 fully saturated rings. The zero-order valence-electron chi connectivity index (χ0n) is 9.31. The number of benzene rings is 1. The topological polar surface area (TPSA) is 66.4 Å². The molecule has 1 heterocycles. The Morgan fingerprint density at radius 3 is 2.68 bits per heavy atom. The highest BCUT2D eigenvalue weighted by atomic mass is 127. The lowest BCUT2D eigenvalue weighted by Gasteiger charge is -2.08. The Bertz CT molecular complexity index is 656. The van der Waals surface area contributed by atoms with Crippen molar-refractivity contribution in [3.05, 3.63) is 49.5 Å². The molecule has 0 aliphatic rings. The summed E-state index contributed by atoms with van der Waals surface area (Å²) in [7, 11) is 0. The smallest absolute Gasteiger partial charge is 0.337 e. The summed E-state index contributed by atoms with van der Waals surface area (Å²) in [6.45, 7) is 0. The highest BCUT2D eigenvalue weighted by Crippen LogP contribution is 2.22. The molecule has 0 aliphatic carbocycles. The molecule has 1 amide bonds. The van der Waals surface area contributed by atoms with Gasteiger partial charge in [-0.25, -0.2) is 9.18 Å². The van der Waals surface area contributed by atoms with Crippen molar-refractivity contribution in [3.63, 3.8) is 0 Å². The fourth-order valence-corrected chi connectivity index (χ4v) is 2.77. The first-order valence-corrected chi connectivity index (χ1v) is 7.02. The number of carboxylic acids is 1. The van der Waals surface area contributed by atoms with Gasteiger partial charge in [0.1, 0.15) is 5.82 Å². The Hall–Kier alpha value is -1.48. The molecule has 0 unspecified atom stereocenters. The van der Waals surface area contributed by atoms with E-state index in [2.05, 4.69) is 27.9 Å². The molecule has 0 bridgehead atoms. The van der Waals surface area contributed by atoms with Crippen LogP contribution in [0.4, 0.5) is 10.1 Å². The zero-order chi connectivity index (χ0) is 14.0. The van der Waals surface area contributed by atoms with Gasteiger partial charge >= 0.3 is 5.97 Å². The van der Waals surface area contributed by atoms with Gasteiger partial charge < -0.3 is 10.4 Å². The number of anilines is 1. The van der Waals surface area contributed by atoms with Crippen LogP contribution in [0.3, 0.4) is 0 Å². The Balaban J connectivity index is 2.33. The molecule has 4 nitrogen and oxygen atoms in total. The van der Waals surface area contributed by atoms with Gasteiger partial charge in [-0.3, -0.25) is 4.79 Å². The minimum atomic E-state index is -1.30. The maximum Gasteiger partial charge on any atom is 0.337 e. The van der Waals surface area contributed by atoms with E-state index in [1.165, 1.54) is 23.5 Å². The normalized spacial score (nSPS) is 10.2. The molecule has 7 heteroatoms. The number of aromatic carboxylic acids is 1. The number of hydrogen-bond donors (Lipinski definition) is 2. The van der Waals surface area contributed by atoms with E-state index in [0.29, 0.717) is 5.56 Å². The number of halogens is 2. The van der Waals surface area contributed by atoms with Crippen LogP contribution in [0.25, 0.3) is 0 Å². The van der Waals surface area contributed by atoms with Crippen LogP contribution in [0.15, 0.2) is 29.6 Å². The molecule has 0 radical (unpaired) electrons. The molecule has 1 aromatic heterocycles. The van der Waals surface area contributed by atoms with Gasteiger partial charge in [0, 0.05) is 5.38 Å². The summed E-state index contributed by atoms with van der Waals surface area (Å²) in [4.78, 5) is 22.9. The van der Waals surface area contributed by atoms with Crippen LogP contribution in [0.1, 0.15) is 20.7 Å². The lowest BCUT2D eigenvalue weighted by atomic mass is 10.1. The Labute approximate surface area is 125 Å². The molecule has 0 spiro atoms. The molecular formula is C12H7FINO3S. The molecule has 2 aromatic rings. The molecule has 0 saturated carbocycles. The van der Waals surface area contributed by atoms with Crippen molar-refractivity contribution in [1.82, 2.24) is 0 Å². The number of thiophene rings is 1. The zero-order valence-corrected chi connectivity index (χ0v) is 12.3. The van der Waals surface area contributed by atoms with Gasteiger partial charge in [-0.05, 0) is 40.8 Å². The summed E-state index contributed by atoms with van der Waals surface area (Å²) in [5.41, 5.74) is -0.228. The van der Waals surface area contributed by atoms with Crippen molar-refractivity contribution in [2.75, 3.05) is 5.32 Å². The molecule has 2 rings (SSSR count). The summed E-state index contributed by atoms with van der Waals surface area (Å²) in [6.07, 6.45) is 0. The summed E-state index contributed by atoms with van der Waals surface area (Å²) in [5.74, 6) is -2.61. The first-order valence-electron chi connectivity index (χ1n) is 5.06. The molecular weight excluding hydrogens is 384 g/mol. The van der Waals surface area contributed by atoms with E-state index >= 15 is 0 Å².